The van der Waals surface area contributed by atoms with Crippen molar-refractivity contribution < 1.29 is 99.7 Å². The van der Waals surface area contributed by atoms with Crippen LogP contribution in [0.3, 0.4) is 0 Å². The number of rotatable bonds is 39. The van der Waals surface area contributed by atoms with Gasteiger partial charge in [0, 0.05) is 80.2 Å². The molecule has 0 heterocycles. The molecule has 3 aromatic carbocycles. The molecule has 478 valence electrons. The fraction of sp³-hybridized carbons (Fsp3) is 0.518. The Hall–Kier alpha value is -8.31. The third-order valence-electron chi connectivity index (χ3n) is 13.5. The predicted octanol–water partition coefficient (Wildman–Crippen LogP) is 5.19. The number of ketones is 1. The molecule has 0 aliphatic heterocycles. The van der Waals surface area contributed by atoms with Gasteiger partial charge in [-0.3, -0.25) is 43.2 Å². The first-order valence-electron chi connectivity index (χ1n) is 27.6. The maximum Gasteiger partial charge on any atom is 0.309 e. The molecular weight excluding hydrogens is 1180 g/mol. The number of amides is 5. The number of carbonyl (C=O) groups is 9. The molecule has 5 amide bonds. The number of hydrogen-bond donors (Lipinski definition) is 9. The smallest absolute Gasteiger partial charge is 0.309 e. The molecule has 0 fully saturated rings. The number of methoxy groups -OCH3 is 1. The van der Waals surface area contributed by atoms with E-state index in [4.69, 9.17) is 41.0 Å². The molecule has 26 nitrogen and oxygen atoms in total. The van der Waals surface area contributed by atoms with Crippen LogP contribution in [0.25, 0.3) is 10.4 Å². The van der Waals surface area contributed by atoms with Crippen molar-refractivity contribution in [1.82, 2.24) is 31.4 Å². The third-order valence-corrected chi connectivity index (χ3v) is 13.7. The van der Waals surface area contributed by atoms with Gasteiger partial charge in [-0.15, -0.1) is 0 Å². The van der Waals surface area contributed by atoms with Gasteiger partial charge in [0.2, 0.25) is 23.5 Å². The monoisotopic (exact) mass is 1250 g/mol. The lowest BCUT2D eigenvalue weighted by Crippen LogP contribution is -2.43. The maximum absolute atomic E-state index is 14.7. The van der Waals surface area contributed by atoms with E-state index in [1.807, 2.05) is 5.32 Å². The molecular formula is C56H72ClF4N9O17. The van der Waals surface area contributed by atoms with Crippen molar-refractivity contribution in [1.29, 1.82) is 0 Å². The van der Waals surface area contributed by atoms with Crippen molar-refractivity contribution in [3.63, 3.8) is 0 Å². The zero-order chi connectivity index (χ0) is 64.8. The van der Waals surface area contributed by atoms with Gasteiger partial charge in [-0.2, -0.15) is 0 Å². The van der Waals surface area contributed by atoms with Crippen LogP contribution in [0.1, 0.15) is 103 Å². The Morgan fingerprint density at radius 1 is 0.575 bits per heavy atom. The van der Waals surface area contributed by atoms with E-state index < -0.39 is 167 Å². The van der Waals surface area contributed by atoms with Gasteiger partial charge in [-0.25, -0.2) is 22.4 Å². The lowest BCUT2D eigenvalue weighted by Gasteiger charge is -2.28. The molecule has 0 spiro atoms. The summed E-state index contributed by atoms with van der Waals surface area (Å²) in [7, 11) is 1.48. The Kier molecular flexibility index (Phi) is 31.8. The number of nitrogens with one attached hydrogen (secondary N) is 6. The zero-order valence-corrected chi connectivity index (χ0v) is 49.2. The number of hydrogen-bond acceptors (Lipinski definition) is 19. The highest BCUT2D eigenvalue weighted by Crippen LogP contribution is 2.38. The van der Waals surface area contributed by atoms with E-state index in [0.29, 0.717) is 6.42 Å². The Morgan fingerprint density at radius 3 is 1.63 bits per heavy atom. The lowest BCUT2D eigenvalue weighted by molar-refractivity contribution is -0.159. The normalized spacial score (nSPS) is 13.0. The number of phenolic OH excluding ortho intramolecular Hbond substituents is 3. The molecule has 0 aliphatic carbocycles. The fourth-order valence-corrected chi connectivity index (χ4v) is 8.56. The van der Waals surface area contributed by atoms with Crippen molar-refractivity contribution in [2.45, 2.75) is 66.2 Å². The van der Waals surface area contributed by atoms with E-state index in [1.54, 1.807) is 20.8 Å². The minimum absolute atomic E-state index is 0.0193. The topological polar surface area (TPSA) is 381 Å². The fourth-order valence-electron chi connectivity index (χ4n) is 8.46. The third kappa shape index (κ3) is 22.8. The standard InChI is InChI=1S/C56H72ClF4N9O17/c1-6-30(3)54(80)86-23-24-87-56(82)37(25-31(4)55(81)85-22-21-84-20-19-83-5)29-36(52(78)66-17-18-68-57)28-35(26-32(7-2)49(75)63-15-16-67-53(79)40-41(58)43(60)45(69-70-62)44(61)42(40)59)51(77)65-14-13-64-50(76)34-10-8-9-33(27-34)46(72)38-11-12-39(71)48(74)47(38)73/h8-12,27,30-32,35-37,68,71,73-74H,6-7,13-26,28-29H2,1-5H3,(H,63,75)(H,64,76)(H,65,77)(H,66,78)(H,67,79). The summed E-state index contributed by atoms with van der Waals surface area (Å²) in [6.45, 7) is 4.52. The van der Waals surface area contributed by atoms with Crippen LogP contribution in [-0.4, -0.2) is 155 Å². The van der Waals surface area contributed by atoms with Gasteiger partial charge >= 0.3 is 17.9 Å². The molecule has 3 aromatic rings. The van der Waals surface area contributed by atoms with Crippen molar-refractivity contribution >= 4 is 70.7 Å². The van der Waals surface area contributed by atoms with E-state index in [-0.39, 0.29) is 102 Å². The number of carbonyl (C=O) groups excluding carboxylic acids is 9. The number of benzene rings is 3. The van der Waals surface area contributed by atoms with Gasteiger partial charge in [0.1, 0.15) is 31.1 Å². The van der Waals surface area contributed by atoms with Crippen LogP contribution in [0.4, 0.5) is 23.2 Å². The van der Waals surface area contributed by atoms with E-state index in [1.165, 1.54) is 38.3 Å². The molecule has 0 radical (unpaired) electrons. The number of phenols is 3. The van der Waals surface area contributed by atoms with Crippen LogP contribution >= 0.6 is 11.8 Å². The number of azide groups is 1. The number of nitrogens with zero attached hydrogens (tertiary/aromatic N) is 3. The zero-order valence-electron chi connectivity index (χ0n) is 48.4. The largest absolute Gasteiger partial charge is 0.504 e. The summed E-state index contributed by atoms with van der Waals surface area (Å²) < 4.78 is 84.8. The Morgan fingerprint density at radius 2 is 1.07 bits per heavy atom. The van der Waals surface area contributed by atoms with Crippen molar-refractivity contribution in [2.75, 3.05) is 86.0 Å². The van der Waals surface area contributed by atoms with Crippen molar-refractivity contribution in [2.24, 2.45) is 40.6 Å². The van der Waals surface area contributed by atoms with E-state index >= 15 is 0 Å². The van der Waals surface area contributed by atoms with Gasteiger partial charge in [0.05, 0.1) is 43.1 Å². The molecule has 9 N–H and O–H groups in total. The summed E-state index contributed by atoms with van der Waals surface area (Å²) in [5, 5.41) is 45.0. The summed E-state index contributed by atoms with van der Waals surface area (Å²) in [5.74, 6) is -25.1. The summed E-state index contributed by atoms with van der Waals surface area (Å²) in [6.07, 6.45) is -0.879. The first kappa shape index (κ1) is 72.9. The second-order valence-electron chi connectivity index (χ2n) is 19.6. The van der Waals surface area contributed by atoms with E-state index in [0.717, 1.165) is 12.1 Å². The average Bonchev–Trinajstić information content (AvgIpc) is 2.50. The lowest BCUT2D eigenvalue weighted by atomic mass is 9.79. The van der Waals surface area contributed by atoms with Gasteiger partial charge in [-0.05, 0) is 80.1 Å². The van der Waals surface area contributed by atoms with Crippen LogP contribution in [0, 0.1) is 58.8 Å². The summed E-state index contributed by atoms with van der Waals surface area (Å²) in [5.41, 5.74) is 4.70. The van der Waals surface area contributed by atoms with Gasteiger partial charge < -0.3 is 65.6 Å². The van der Waals surface area contributed by atoms with Crippen LogP contribution < -0.4 is 31.4 Å². The predicted molar refractivity (Wildman–Crippen MR) is 301 cm³/mol. The molecule has 0 aromatic heterocycles. The van der Waals surface area contributed by atoms with Gasteiger partial charge in [-0.1, -0.05) is 44.9 Å². The maximum atomic E-state index is 14.7. The van der Waals surface area contributed by atoms with Crippen LogP contribution in [-0.2, 0) is 52.5 Å². The van der Waals surface area contributed by atoms with Crippen LogP contribution in [0.15, 0.2) is 41.5 Å². The van der Waals surface area contributed by atoms with Crippen molar-refractivity contribution in [3.8, 4) is 17.2 Å². The summed E-state index contributed by atoms with van der Waals surface area (Å²) >= 11 is 5.68. The average molecular weight is 1250 g/mol. The molecule has 6 atom stereocenters. The first-order chi connectivity index (χ1) is 41.5. The minimum Gasteiger partial charge on any atom is -0.504 e. The Bertz CT molecular complexity index is 2910. The molecule has 0 bridgehead atoms. The molecule has 3 rings (SSSR count). The molecule has 0 saturated heterocycles. The van der Waals surface area contributed by atoms with Gasteiger partial charge in [0.15, 0.2) is 40.6 Å². The SMILES string of the molecule is CCC(C)C(=O)OCCOC(=O)C(CC(C)C(=O)OCCOCCOC)CC(CC(CC(CC)C(=O)NCCNC(=O)c1c(F)c(F)c(N=[N+]=[N-])c(F)c1F)C(=O)NCCNC(=O)c1cccc(C(=O)c2ccc(O)c(O)c2O)c1)C(=O)NCCNCl. The van der Waals surface area contributed by atoms with E-state index in [9.17, 15) is 76.0 Å². The number of halogens is 5. The molecule has 0 aliphatic rings. The number of esters is 3. The van der Waals surface area contributed by atoms with E-state index in [2.05, 4.69) is 36.1 Å². The molecule has 6 unspecified atom stereocenters. The number of ether oxygens (including phenoxy) is 5. The first-order valence-corrected chi connectivity index (χ1v) is 27.9. The summed E-state index contributed by atoms with van der Waals surface area (Å²) in [6, 6.07) is 7.31. The Balaban J connectivity index is 1.96. The second kappa shape index (κ2) is 38.0. The highest BCUT2D eigenvalue weighted by molar-refractivity contribution is 6.13. The summed E-state index contributed by atoms with van der Waals surface area (Å²) in [4.78, 5) is 126. The molecule has 31 heteroatoms. The molecule has 0 saturated carbocycles. The van der Waals surface area contributed by atoms with Crippen LogP contribution in [0.5, 0.6) is 17.2 Å². The van der Waals surface area contributed by atoms with Gasteiger partial charge in [0.25, 0.3) is 11.8 Å². The Labute approximate surface area is 502 Å². The number of aromatic hydroxyl groups is 3. The second-order valence-corrected chi connectivity index (χ2v) is 19.9. The quantitative estimate of drug-likeness (QED) is 0.00303. The highest BCUT2D eigenvalue weighted by Gasteiger charge is 2.37. The van der Waals surface area contributed by atoms with Crippen LogP contribution in [0.2, 0.25) is 0 Å². The minimum atomic E-state index is -2.16. The van der Waals surface area contributed by atoms with Crippen molar-refractivity contribution in [3.05, 3.63) is 92.4 Å². The molecule has 87 heavy (non-hydrogen) atoms. The highest BCUT2D eigenvalue weighted by atomic mass is 35.5.